The van der Waals surface area contributed by atoms with Crippen LogP contribution in [0.5, 0.6) is 0 Å². The minimum Gasteiger partial charge on any atom is -0.376 e. The zero-order valence-corrected chi connectivity index (χ0v) is 15.2. The fraction of sp³-hybridized carbons (Fsp3) is 0.105. The number of benzene rings is 2. The van der Waals surface area contributed by atoms with Crippen molar-refractivity contribution in [3.05, 3.63) is 71.4 Å². The molecule has 0 unspecified atom stereocenters. The minimum absolute atomic E-state index is 0.210. The third kappa shape index (κ3) is 4.49. The normalized spacial score (nSPS) is 10.3. The smallest absolute Gasteiger partial charge is 0.255 e. The van der Waals surface area contributed by atoms with Gasteiger partial charge < -0.3 is 15.5 Å². The molecule has 0 saturated carbocycles. The van der Waals surface area contributed by atoms with E-state index >= 15 is 0 Å². The summed E-state index contributed by atoms with van der Waals surface area (Å²) < 4.78 is 0. The van der Waals surface area contributed by atoms with Crippen LogP contribution in [0, 0.1) is 0 Å². The van der Waals surface area contributed by atoms with E-state index in [9.17, 15) is 4.79 Å². The van der Waals surface area contributed by atoms with Crippen molar-refractivity contribution in [2.24, 2.45) is 0 Å². The van der Waals surface area contributed by atoms with Gasteiger partial charge in [-0.2, -0.15) is 5.10 Å². The van der Waals surface area contributed by atoms with Crippen molar-refractivity contribution in [2.75, 3.05) is 29.6 Å². The van der Waals surface area contributed by atoms with E-state index < -0.39 is 0 Å². The summed E-state index contributed by atoms with van der Waals surface area (Å²) in [5.74, 6) is 0.435. The Kier molecular flexibility index (Phi) is 5.34. The van der Waals surface area contributed by atoms with Gasteiger partial charge in [-0.25, -0.2) is 0 Å². The molecule has 6 nitrogen and oxygen atoms in total. The lowest BCUT2D eigenvalue weighted by Crippen LogP contribution is -2.11. The number of halogens is 1. The van der Waals surface area contributed by atoms with Crippen LogP contribution in [0.2, 0.25) is 5.02 Å². The average Bonchev–Trinajstić information content (AvgIpc) is 2.63. The maximum absolute atomic E-state index is 12.2. The number of rotatable bonds is 5. The predicted octanol–water partition coefficient (Wildman–Crippen LogP) is 4.19. The number of nitrogens with zero attached hydrogens (tertiary/aromatic N) is 3. The Morgan fingerprint density at radius 3 is 2.46 bits per heavy atom. The molecule has 2 N–H and O–H groups in total. The van der Waals surface area contributed by atoms with Gasteiger partial charge in [-0.15, -0.1) is 5.10 Å². The molecular formula is C19H18ClN5O. The number of amides is 1. The molecule has 0 saturated heterocycles. The Morgan fingerprint density at radius 1 is 1.04 bits per heavy atom. The molecule has 1 aromatic heterocycles. The molecule has 0 radical (unpaired) electrons. The van der Waals surface area contributed by atoms with Crippen LogP contribution in [0.3, 0.4) is 0 Å². The first-order chi connectivity index (χ1) is 12.5. The number of anilines is 4. The first-order valence-corrected chi connectivity index (χ1v) is 8.33. The highest BCUT2D eigenvalue weighted by atomic mass is 35.5. The fourth-order valence-electron chi connectivity index (χ4n) is 2.28. The lowest BCUT2D eigenvalue weighted by atomic mass is 10.2. The first-order valence-electron chi connectivity index (χ1n) is 7.95. The fourth-order valence-corrected chi connectivity index (χ4v) is 2.47. The highest BCUT2D eigenvalue weighted by Gasteiger charge is 2.07. The topological polar surface area (TPSA) is 70.2 Å². The molecule has 0 aliphatic carbocycles. The maximum Gasteiger partial charge on any atom is 0.255 e. The number of nitrogens with one attached hydrogen (secondary N) is 2. The van der Waals surface area contributed by atoms with Crippen molar-refractivity contribution in [3.8, 4) is 0 Å². The molecule has 132 valence electrons. The van der Waals surface area contributed by atoms with E-state index in [1.54, 1.807) is 30.5 Å². The standard InChI is InChI=1S/C19H18ClN5O/c1-25(2)17-11-18(24-21-12-17)22-15-6-8-16(9-7-15)23-19(26)13-4-3-5-14(20)10-13/h3-12H,1-2H3,(H,22,24)(H,23,26). The van der Waals surface area contributed by atoms with Gasteiger partial charge in [0.1, 0.15) is 0 Å². The van der Waals surface area contributed by atoms with Gasteiger partial charge in [0.2, 0.25) is 0 Å². The molecule has 0 bridgehead atoms. The van der Waals surface area contributed by atoms with Crippen molar-refractivity contribution in [1.82, 2.24) is 10.2 Å². The van der Waals surface area contributed by atoms with E-state index in [2.05, 4.69) is 20.8 Å². The molecule has 3 rings (SSSR count). The number of carbonyl (C=O) groups excluding carboxylic acids is 1. The Labute approximate surface area is 156 Å². The number of hydrogen-bond acceptors (Lipinski definition) is 5. The molecule has 1 heterocycles. The van der Waals surface area contributed by atoms with E-state index in [4.69, 9.17) is 11.6 Å². The van der Waals surface area contributed by atoms with E-state index in [1.165, 1.54) is 0 Å². The first kappa shape index (κ1) is 17.7. The van der Waals surface area contributed by atoms with Crippen LogP contribution in [0.25, 0.3) is 0 Å². The second-order valence-electron chi connectivity index (χ2n) is 5.86. The highest BCUT2D eigenvalue weighted by molar-refractivity contribution is 6.31. The summed E-state index contributed by atoms with van der Waals surface area (Å²) in [7, 11) is 3.89. The number of aromatic nitrogens is 2. The van der Waals surface area contributed by atoms with Gasteiger partial charge >= 0.3 is 0 Å². The van der Waals surface area contributed by atoms with Crippen molar-refractivity contribution in [2.45, 2.75) is 0 Å². The van der Waals surface area contributed by atoms with Gasteiger partial charge in [0.25, 0.3) is 5.91 Å². The van der Waals surface area contributed by atoms with Gasteiger partial charge in [-0.05, 0) is 42.5 Å². The third-order valence-electron chi connectivity index (χ3n) is 3.66. The molecule has 0 aliphatic rings. The van der Waals surface area contributed by atoms with E-state index in [0.29, 0.717) is 22.1 Å². The number of hydrogen-bond donors (Lipinski definition) is 2. The molecule has 26 heavy (non-hydrogen) atoms. The average molecular weight is 368 g/mol. The minimum atomic E-state index is -0.210. The zero-order valence-electron chi connectivity index (χ0n) is 14.4. The molecule has 0 spiro atoms. The number of carbonyl (C=O) groups is 1. The Morgan fingerprint density at radius 2 is 1.77 bits per heavy atom. The molecule has 0 aliphatic heterocycles. The van der Waals surface area contributed by atoms with E-state index in [1.807, 2.05) is 49.3 Å². The lowest BCUT2D eigenvalue weighted by molar-refractivity contribution is 0.102. The summed E-state index contributed by atoms with van der Waals surface area (Å²) in [6.07, 6.45) is 1.69. The Bertz CT molecular complexity index is 912. The second kappa shape index (κ2) is 7.84. The Hall–Kier alpha value is -3.12. The van der Waals surface area contributed by atoms with Crippen LogP contribution in [-0.4, -0.2) is 30.2 Å². The summed E-state index contributed by atoms with van der Waals surface area (Å²) in [6.45, 7) is 0. The summed E-state index contributed by atoms with van der Waals surface area (Å²) in [4.78, 5) is 14.2. The molecule has 1 amide bonds. The Balaban J connectivity index is 1.67. The molecule has 7 heteroatoms. The summed E-state index contributed by atoms with van der Waals surface area (Å²) >= 11 is 5.92. The van der Waals surface area contributed by atoms with Gasteiger partial charge in [0.15, 0.2) is 5.82 Å². The van der Waals surface area contributed by atoms with E-state index in [-0.39, 0.29) is 5.91 Å². The van der Waals surface area contributed by atoms with Crippen LogP contribution >= 0.6 is 11.6 Å². The van der Waals surface area contributed by atoms with Gasteiger partial charge in [-0.3, -0.25) is 4.79 Å². The molecule has 2 aromatic carbocycles. The molecular weight excluding hydrogens is 350 g/mol. The van der Waals surface area contributed by atoms with Gasteiger partial charge in [-0.1, -0.05) is 17.7 Å². The van der Waals surface area contributed by atoms with Crippen LogP contribution in [0.15, 0.2) is 60.8 Å². The maximum atomic E-state index is 12.2. The predicted molar refractivity (Wildman–Crippen MR) is 105 cm³/mol. The largest absolute Gasteiger partial charge is 0.376 e. The van der Waals surface area contributed by atoms with Crippen molar-refractivity contribution in [3.63, 3.8) is 0 Å². The van der Waals surface area contributed by atoms with E-state index in [0.717, 1.165) is 11.4 Å². The monoisotopic (exact) mass is 367 g/mol. The summed E-state index contributed by atoms with van der Waals surface area (Å²) in [5, 5.41) is 14.6. The molecule has 3 aromatic rings. The zero-order chi connectivity index (χ0) is 18.5. The molecule has 0 atom stereocenters. The lowest BCUT2D eigenvalue weighted by Gasteiger charge is -2.13. The van der Waals surface area contributed by atoms with Crippen LogP contribution in [0.1, 0.15) is 10.4 Å². The summed E-state index contributed by atoms with van der Waals surface area (Å²) in [5.41, 5.74) is 2.99. The van der Waals surface area contributed by atoms with Crippen LogP contribution in [0.4, 0.5) is 22.9 Å². The summed E-state index contributed by atoms with van der Waals surface area (Å²) in [6, 6.07) is 16.1. The quantitative estimate of drug-likeness (QED) is 0.707. The van der Waals surface area contributed by atoms with Crippen molar-refractivity contribution >= 4 is 40.4 Å². The van der Waals surface area contributed by atoms with Crippen LogP contribution in [-0.2, 0) is 0 Å². The van der Waals surface area contributed by atoms with Gasteiger partial charge in [0.05, 0.1) is 11.9 Å². The van der Waals surface area contributed by atoms with Gasteiger partial charge in [0, 0.05) is 42.1 Å². The van der Waals surface area contributed by atoms with Crippen LogP contribution < -0.4 is 15.5 Å². The molecule has 0 fully saturated rings. The third-order valence-corrected chi connectivity index (χ3v) is 3.89. The highest BCUT2D eigenvalue weighted by Crippen LogP contribution is 2.20. The second-order valence-corrected chi connectivity index (χ2v) is 6.30. The van der Waals surface area contributed by atoms with Crippen molar-refractivity contribution < 1.29 is 4.79 Å². The van der Waals surface area contributed by atoms with Crippen molar-refractivity contribution in [1.29, 1.82) is 0 Å². The SMILES string of the molecule is CN(C)c1cnnc(Nc2ccc(NC(=O)c3cccc(Cl)c3)cc2)c1.